The van der Waals surface area contributed by atoms with Crippen LogP contribution in [-0.4, -0.2) is 35.8 Å². The molecule has 0 aromatic heterocycles. The lowest BCUT2D eigenvalue weighted by molar-refractivity contribution is -0.109. The first-order valence-electron chi connectivity index (χ1n) is 4.16. The molecular weight excluding hydrogens is 239 g/mol. The van der Waals surface area contributed by atoms with E-state index in [2.05, 4.69) is 0 Å². The Bertz CT molecular complexity index is 211. The van der Waals surface area contributed by atoms with Crippen LogP contribution in [0.5, 0.6) is 0 Å². The molecule has 1 nitrogen and oxygen atoms in total. The van der Waals surface area contributed by atoms with Gasteiger partial charge in [-0.05, 0) is 0 Å². The van der Waals surface area contributed by atoms with Gasteiger partial charge >= 0.3 is 0 Å². The highest BCUT2D eigenvalue weighted by atomic mass is 32.2. The van der Waals surface area contributed by atoms with Crippen LogP contribution in [0.15, 0.2) is 0 Å². The number of hydrogen-bond acceptors (Lipinski definition) is 2. The molecule has 0 aromatic rings. The van der Waals surface area contributed by atoms with Gasteiger partial charge in [0.15, 0.2) is 17.5 Å². The molecule has 0 saturated carbocycles. The minimum Gasteiger partial charge on any atom is -0.288 e. The molecule has 0 N–H and O–H groups in total. The van der Waals surface area contributed by atoms with E-state index in [0.717, 1.165) is 0 Å². The zero-order chi connectivity index (χ0) is 12.1. The van der Waals surface area contributed by atoms with Gasteiger partial charge in [-0.25, -0.2) is 22.0 Å². The molecule has 2 atom stereocenters. The Labute approximate surface area is 88.4 Å². The highest BCUT2D eigenvalue weighted by molar-refractivity contribution is 8.13. The SMILES string of the molecule is CC(=O)SCCC(F)(F)C(F)C(F)CF. The lowest BCUT2D eigenvalue weighted by Crippen LogP contribution is -2.39. The van der Waals surface area contributed by atoms with Gasteiger partial charge < -0.3 is 0 Å². The fraction of sp³-hybridized carbons (Fsp3) is 0.875. The zero-order valence-corrected chi connectivity index (χ0v) is 8.80. The largest absolute Gasteiger partial charge is 0.288 e. The van der Waals surface area contributed by atoms with Crippen LogP contribution in [0.4, 0.5) is 22.0 Å². The second-order valence-electron chi connectivity index (χ2n) is 2.92. The van der Waals surface area contributed by atoms with Crippen molar-refractivity contribution < 1.29 is 26.7 Å². The van der Waals surface area contributed by atoms with Gasteiger partial charge in [-0.2, -0.15) is 0 Å². The first-order valence-corrected chi connectivity index (χ1v) is 5.15. The van der Waals surface area contributed by atoms with E-state index in [-0.39, 0.29) is 10.9 Å². The van der Waals surface area contributed by atoms with E-state index >= 15 is 0 Å². The molecule has 2 unspecified atom stereocenters. The summed E-state index contributed by atoms with van der Waals surface area (Å²) in [4.78, 5) is 10.4. The van der Waals surface area contributed by atoms with Crippen molar-refractivity contribution in [1.82, 2.24) is 0 Å². The minimum atomic E-state index is -3.94. The molecule has 0 rings (SSSR count). The molecule has 0 aromatic carbocycles. The fourth-order valence-corrected chi connectivity index (χ4v) is 1.47. The van der Waals surface area contributed by atoms with Crippen molar-refractivity contribution in [2.75, 3.05) is 12.4 Å². The van der Waals surface area contributed by atoms with Crippen molar-refractivity contribution in [2.24, 2.45) is 0 Å². The van der Waals surface area contributed by atoms with Crippen molar-refractivity contribution >= 4 is 16.9 Å². The Kier molecular flexibility index (Phi) is 6.16. The van der Waals surface area contributed by atoms with Gasteiger partial charge in [0.1, 0.15) is 6.67 Å². The summed E-state index contributed by atoms with van der Waals surface area (Å²) in [6.07, 6.45) is -6.96. The quantitative estimate of drug-likeness (QED) is 0.674. The normalized spacial score (nSPS) is 16.1. The Morgan fingerprint density at radius 2 is 1.93 bits per heavy atom. The predicted molar refractivity (Wildman–Crippen MR) is 48.5 cm³/mol. The van der Waals surface area contributed by atoms with Crippen molar-refractivity contribution in [3.05, 3.63) is 0 Å². The second-order valence-corrected chi connectivity index (χ2v) is 4.19. The molecule has 7 heteroatoms. The van der Waals surface area contributed by atoms with Crippen molar-refractivity contribution in [2.45, 2.75) is 31.6 Å². The fourth-order valence-electron chi connectivity index (χ4n) is 0.812. The first kappa shape index (κ1) is 14.7. The maximum atomic E-state index is 12.8. The lowest BCUT2D eigenvalue weighted by atomic mass is 10.1. The van der Waals surface area contributed by atoms with E-state index < -0.39 is 31.4 Å². The number of carbonyl (C=O) groups is 1. The summed E-state index contributed by atoms with van der Waals surface area (Å²) in [6, 6.07) is 0. The number of halogens is 5. The predicted octanol–water partition coefficient (Wildman–Crippen LogP) is 2.94. The Morgan fingerprint density at radius 1 is 1.40 bits per heavy atom. The second kappa shape index (κ2) is 6.30. The molecule has 90 valence electrons. The molecule has 0 fully saturated rings. The molecule has 0 amide bonds. The Morgan fingerprint density at radius 3 is 2.33 bits per heavy atom. The van der Waals surface area contributed by atoms with E-state index in [4.69, 9.17) is 0 Å². The lowest BCUT2D eigenvalue weighted by Gasteiger charge is -2.21. The van der Waals surface area contributed by atoms with Crippen LogP contribution in [0.2, 0.25) is 0 Å². The molecule has 0 aliphatic heterocycles. The molecule has 15 heavy (non-hydrogen) atoms. The Hall–Kier alpha value is -0.330. The number of carbonyl (C=O) groups excluding carboxylic acids is 1. The Balaban J connectivity index is 4.09. The third-order valence-corrected chi connectivity index (χ3v) is 2.42. The average molecular weight is 250 g/mol. The molecule has 0 spiro atoms. The molecule has 0 aliphatic carbocycles. The maximum absolute atomic E-state index is 12.8. The summed E-state index contributed by atoms with van der Waals surface area (Å²) in [7, 11) is 0. The minimum absolute atomic E-state index is 0.318. The zero-order valence-electron chi connectivity index (χ0n) is 7.98. The molecular formula is C8H11F5OS. The van der Waals surface area contributed by atoms with E-state index in [0.29, 0.717) is 11.8 Å². The molecule has 0 bridgehead atoms. The summed E-state index contributed by atoms with van der Waals surface area (Å²) < 4.78 is 62.2. The van der Waals surface area contributed by atoms with Gasteiger partial charge in [0.2, 0.25) is 0 Å². The summed E-state index contributed by atoms with van der Waals surface area (Å²) in [5, 5.41) is -0.386. The van der Waals surface area contributed by atoms with E-state index in [1.165, 1.54) is 6.92 Å². The summed E-state index contributed by atoms with van der Waals surface area (Å²) in [6.45, 7) is -0.605. The van der Waals surface area contributed by atoms with Crippen LogP contribution in [0.1, 0.15) is 13.3 Å². The van der Waals surface area contributed by atoms with E-state index in [1.807, 2.05) is 0 Å². The van der Waals surface area contributed by atoms with E-state index in [1.54, 1.807) is 0 Å². The van der Waals surface area contributed by atoms with E-state index in [9.17, 15) is 26.7 Å². The van der Waals surface area contributed by atoms with Gasteiger partial charge in [-0.3, -0.25) is 4.79 Å². The standard InChI is InChI=1S/C8H11F5OS/c1-5(14)15-3-2-8(12,13)7(11)6(10)4-9/h6-7H,2-4H2,1H3. The van der Waals surface area contributed by atoms with Gasteiger partial charge in [0.05, 0.1) is 0 Å². The summed E-state index contributed by atoms with van der Waals surface area (Å²) in [5.41, 5.74) is 0. The van der Waals surface area contributed by atoms with Crippen LogP contribution in [0.3, 0.4) is 0 Å². The first-order chi connectivity index (χ1) is 6.81. The average Bonchev–Trinajstić information content (AvgIpc) is 2.14. The third-order valence-electron chi connectivity index (χ3n) is 1.61. The summed E-state index contributed by atoms with van der Waals surface area (Å²) in [5.74, 6) is -4.25. The van der Waals surface area contributed by atoms with Crippen LogP contribution in [0.25, 0.3) is 0 Å². The van der Waals surface area contributed by atoms with Crippen LogP contribution >= 0.6 is 11.8 Å². The maximum Gasteiger partial charge on any atom is 0.282 e. The number of rotatable bonds is 6. The van der Waals surface area contributed by atoms with Gasteiger partial charge in [-0.1, -0.05) is 11.8 Å². The molecule has 0 aliphatic rings. The highest BCUT2D eigenvalue weighted by Crippen LogP contribution is 2.30. The number of hydrogen-bond donors (Lipinski definition) is 0. The van der Waals surface area contributed by atoms with Crippen molar-refractivity contribution in [3.8, 4) is 0 Å². The summed E-state index contributed by atoms with van der Waals surface area (Å²) >= 11 is 0.593. The van der Waals surface area contributed by atoms with Crippen molar-refractivity contribution in [1.29, 1.82) is 0 Å². The van der Waals surface area contributed by atoms with Crippen LogP contribution < -0.4 is 0 Å². The monoisotopic (exact) mass is 250 g/mol. The molecule has 0 heterocycles. The third kappa shape index (κ3) is 5.34. The van der Waals surface area contributed by atoms with Gasteiger partial charge in [0, 0.05) is 19.1 Å². The van der Waals surface area contributed by atoms with Crippen molar-refractivity contribution in [3.63, 3.8) is 0 Å². The topological polar surface area (TPSA) is 17.1 Å². The van der Waals surface area contributed by atoms with Crippen LogP contribution in [-0.2, 0) is 4.79 Å². The number of alkyl halides is 5. The van der Waals surface area contributed by atoms with Crippen LogP contribution in [0, 0.1) is 0 Å². The molecule has 0 radical (unpaired) electrons. The highest BCUT2D eigenvalue weighted by Gasteiger charge is 2.45. The van der Waals surface area contributed by atoms with Gasteiger partial charge in [0.25, 0.3) is 5.92 Å². The smallest absolute Gasteiger partial charge is 0.282 e. The van der Waals surface area contributed by atoms with Gasteiger partial charge in [-0.15, -0.1) is 0 Å². The number of thioether (sulfide) groups is 1. The molecule has 0 saturated heterocycles.